The van der Waals surface area contributed by atoms with Gasteiger partial charge < -0.3 is 4.84 Å². The number of ketones is 1. The summed E-state index contributed by atoms with van der Waals surface area (Å²) in [6, 6.07) is 3.95. The number of rotatable bonds is 2. The summed E-state index contributed by atoms with van der Waals surface area (Å²) in [5.41, 5.74) is 2.54. The number of hydrogen-bond acceptors (Lipinski definition) is 5. The maximum atomic E-state index is 13.2. The number of carbonyl (C=O) groups excluding carboxylic acids is 2. The van der Waals surface area contributed by atoms with Gasteiger partial charge in [-0.1, -0.05) is 17.7 Å². The third-order valence-electron chi connectivity index (χ3n) is 5.42. The Morgan fingerprint density at radius 2 is 1.67 bits per heavy atom. The Hall–Kier alpha value is -1.76. The average molecular weight is 332 g/mol. The van der Waals surface area contributed by atoms with Crippen LogP contribution in [0.3, 0.4) is 0 Å². The van der Waals surface area contributed by atoms with Crippen molar-refractivity contribution in [1.82, 2.24) is 10.1 Å². The third kappa shape index (κ3) is 2.37. The van der Waals surface area contributed by atoms with Gasteiger partial charge in [-0.3, -0.25) is 14.8 Å². The fourth-order valence-electron chi connectivity index (χ4n) is 4.22. The molecule has 1 amide bonds. The summed E-state index contributed by atoms with van der Waals surface area (Å²) in [6.07, 6.45) is 0.755. The Bertz CT molecular complexity index is 669. The first-order valence-corrected chi connectivity index (χ1v) is 8.26. The second kappa shape index (κ2) is 5.95. The van der Waals surface area contributed by atoms with Gasteiger partial charge in [-0.05, 0) is 50.3 Å². The van der Waals surface area contributed by atoms with Gasteiger partial charge in [0.1, 0.15) is 11.5 Å². The van der Waals surface area contributed by atoms with Crippen LogP contribution in [0.25, 0.3) is 0 Å². The minimum absolute atomic E-state index is 0.194. The zero-order chi connectivity index (χ0) is 17.6. The highest BCUT2D eigenvalue weighted by Crippen LogP contribution is 2.43. The predicted octanol–water partition coefficient (Wildman–Crippen LogP) is 1.89. The molecule has 0 saturated carbocycles. The van der Waals surface area contributed by atoms with Gasteiger partial charge >= 0.3 is 0 Å². The van der Waals surface area contributed by atoms with E-state index < -0.39 is 17.4 Å². The molecule has 0 radical (unpaired) electrons. The van der Waals surface area contributed by atoms with E-state index in [1.54, 1.807) is 12.2 Å². The van der Waals surface area contributed by atoms with Gasteiger partial charge in [0, 0.05) is 13.1 Å². The van der Waals surface area contributed by atoms with Gasteiger partial charge in [0.15, 0.2) is 5.78 Å². The first-order chi connectivity index (χ1) is 11.3. The molecule has 6 heteroatoms. The van der Waals surface area contributed by atoms with Crippen molar-refractivity contribution < 1.29 is 19.6 Å². The largest absolute Gasteiger partial charge is 0.302 e. The molecule has 1 N–H and O–H groups in total. The first kappa shape index (κ1) is 17.1. The lowest BCUT2D eigenvalue weighted by atomic mass is 9.79. The molecular weight excluding hydrogens is 308 g/mol. The van der Waals surface area contributed by atoms with Gasteiger partial charge in [0.05, 0.1) is 7.11 Å². The van der Waals surface area contributed by atoms with Crippen LogP contribution in [-0.2, 0) is 14.4 Å². The number of benzene rings is 1. The number of aryl methyl sites for hydroxylation is 3. The van der Waals surface area contributed by atoms with Crippen LogP contribution in [0.15, 0.2) is 12.1 Å². The second-order valence-corrected chi connectivity index (χ2v) is 6.90. The number of carbonyl (C=O) groups is 2. The van der Waals surface area contributed by atoms with Crippen molar-refractivity contribution >= 4 is 11.7 Å². The van der Waals surface area contributed by atoms with Crippen LogP contribution in [0.2, 0.25) is 0 Å². The van der Waals surface area contributed by atoms with Gasteiger partial charge in [0.25, 0.3) is 5.91 Å². The van der Waals surface area contributed by atoms with Crippen LogP contribution in [0.4, 0.5) is 0 Å². The maximum absolute atomic E-state index is 13.2. The van der Waals surface area contributed by atoms with Crippen molar-refractivity contribution in [3.63, 3.8) is 0 Å². The van der Waals surface area contributed by atoms with Crippen LogP contribution in [0.1, 0.15) is 41.0 Å². The van der Waals surface area contributed by atoms with E-state index in [1.807, 2.05) is 32.9 Å². The molecular formula is C18H24N2O4. The molecule has 1 spiro atoms. The molecule has 2 saturated heterocycles. The summed E-state index contributed by atoms with van der Waals surface area (Å²) in [5.74, 6) is -1.62. The van der Waals surface area contributed by atoms with Crippen molar-refractivity contribution in [3.05, 3.63) is 34.4 Å². The fourth-order valence-corrected chi connectivity index (χ4v) is 4.22. The van der Waals surface area contributed by atoms with Gasteiger partial charge in [-0.25, -0.2) is 5.06 Å². The highest BCUT2D eigenvalue weighted by atomic mass is 16.7. The maximum Gasteiger partial charge on any atom is 0.262 e. The summed E-state index contributed by atoms with van der Waals surface area (Å²) in [5, 5.41) is 12.9. The molecule has 0 bridgehead atoms. The van der Waals surface area contributed by atoms with E-state index in [2.05, 4.69) is 0 Å². The lowest BCUT2D eigenvalue weighted by Gasteiger charge is -2.39. The van der Waals surface area contributed by atoms with Crippen LogP contribution >= 0.6 is 0 Å². The number of Topliss-reactive ketones (excluding diaryl/α,β-unsaturated/α-hetero) is 1. The topological polar surface area (TPSA) is 70.1 Å². The number of hydroxylamine groups is 4. The SMILES string of the molecule is CON1CCC2(CC1)C(=O)C(c1c(C)cc(C)cc1C)C(=O)N2O. The van der Waals surface area contributed by atoms with E-state index in [4.69, 9.17) is 4.84 Å². The highest BCUT2D eigenvalue weighted by molar-refractivity contribution is 6.17. The minimum atomic E-state index is -1.12. The molecule has 2 fully saturated rings. The molecule has 1 unspecified atom stereocenters. The Morgan fingerprint density at radius 1 is 1.12 bits per heavy atom. The Kier molecular flexibility index (Phi) is 4.23. The average Bonchev–Trinajstić information content (AvgIpc) is 2.71. The molecule has 24 heavy (non-hydrogen) atoms. The number of hydrogen-bond donors (Lipinski definition) is 1. The standard InChI is InChI=1S/C18H24N2O4/c1-11-9-12(2)14(13(3)10-11)15-16(21)18(20(23)17(15)22)5-7-19(24-4)8-6-18/h9-10,15,23H,5-8H2,1-4H3. The lowest BCUT2D eigenvalue weighted by molar-refractivity contribution is -0.208. The molecule has 1 aromatic carbocycles. The summed E-state index contributed by atoms with van der Waals surface area (Å²) in [6.45, 7) is 6.82. The number of piperidine rings is 1. The molecule has 1 aromatic rings. The van der Waals surface area contributed by atoms with E-state index in [0.29, 0.717) is 31.0 Å². The zero-order valence-corrected chi connectivity index (χ0v) is 14.6. The minimum Gasteiger partial charge on any atom is -0.302 e. The molecule has 2 aliphatic rings. The number of nitrogens with zero attached hydrogens (tertiary/aromatic N) is 2. The van der Waals surface area contributed by atoms with Crippen molar-refractivity contribution in [2.24, 2.45) is 0 Å². The van der Waals surface area contributed by atoms with Gasteiger partial charge in [-0.2, -0.15) is 5.06 Å². The fraction of sp³-hybridized carbons (Fsp3) is 0.556. The summed E-state index contributed by atoms with van der Waals surface area (Å²) in [4.78, 5) is 31.1. The Morgan fingerprint density at radius 3 is 2.17 bits per heavy atom. The summed E-state index contributed by atoms with van der Waals surface area (Å²) in [7, 11) is 1.58. The zero-order valence-electron chi connectivity index (χ0n) is 14.6. The summed E-state index contributed by atoms with van der Waals surface area (Å²) < 4.78 is 0. The van der Waals surface area contributed by atoms with Crippen molar-refractivity contribution in [3.8, 4) is 0 Å². The normalized spacial score (nSPS) is 24.2. The van der Waals surface area contributed by atoms with E-state index in [-0.39, 0.29) is 5.78 Å². The van der Waals surface area contributed by atoms with Crippen LogP contribution in [0.5, 0.6) is 0 Å². The van der Waals surface area contributed by atoms with E-state index in [0.717, 1.165) is 22.3 Å². The van der Waals surface area contributed by atoms with Gasteiger partial charge in [-0.15, -0.1) is 0 Å². The molecule has 2 heterocycles. The quantitative estimate of drug-likeness (QED) is 0.661. The predicted molar refractivity (Wildman–Crippen MR) is 87.6 cm³/mol. The molecule has 130 valence electrons. The van der Waals surface area contributed by atoms with E-state index >= 15 is 0 Å². The van der Waals surface area contributed by atoms with Crippen LogP contribution in [0, 0.1) is 20.8 Å². The van der Waals surface area contributed by atoms with Crippen LogP contribution in [-0.4, -0.2) is 52.8 Å². The first-order valence-electron chi connectivity index (χ1n) is 8.26. The van der Waals surface area contributed by atoms with Gasteiger partial charge in [0.2, 0.25) is 0 Å². The third-order valence-corrected chi connectivity index (χ3v) is 5.42. The lowest BCUT2D eigenvalue weighted by Crippen LogP contribution is -2.55. The molecule has 1 atom stereocenters. The summed E-state index contributed by atoms with van der Waals surface area (Å²) >= 11 is 0. The van der Waals surface area contributed by atoms with Crippen molar-refractivity contribution in [2.75, 3.05) is 20.2 Å². The molecule has 0 aliphatic carbocycles. The molecule has 6 nitrogen and oxygen atoms in total. The second-order valence-electron chi connectivity index (χ2n) is 6.90. The van der Waals surface area contributed by atoms with E-state index in [1.165, 1.54) is 0 Å². The Labute approximate surface area is 141 Å². The highest BCUT2D eigenvalue weighted by Gasteiger charge is 2.60. The van der Waals surface area contributed by atoms with E-state index in [9.17, 15) is 14.8 Å². The van der Waals surface area contributed by atoms with Crippen molar-refractivity contribution in [1.29, 1.82) is 0 Å². The smallest absolute Gasteiger partial charge is 0.262 e. The Balaban J connectivity index is 2.01. The molecule has 2 aliphatic heterocycles. The monoisotopic (exact) mass is 332 g/mol. The van der Waals surface area contributed by atoms with Crippen molar-refractivity contribution in [2.45, 2.75) is 45.1 Å². The number of amides is 1. The van der Waals surface area contributed by atoms with Crippen LogP contribution < -0.4 is 0 Å². The molecule has 3 rings (SSSR count). The molecule has 0 aromatic heterocycles.